The first-order valence-electron chi connectivity index (χ1n) is 5.95. The van der Waals surface area contributed by atoms with E-state index < -0.39 is 0 Å². The Morgan fingerprint density at radius 2 is 2.19 bits per heavy atom. The lowest BCUT2D eigenvalue weighted by Crippen LogP contribution is -2.23. The number of aliphatic hydroxyl groups excluding tert-OH is 1. The molecule has 1 saturated carbocycles. The van der Waals surface area contributed by atoms with Gasteiger partial charge in [-0.25, -0.2) is 0 Å². The van der Waals surface area contributed by atoms with Gasteiger partial charge in [0.05, 0.1) is 12.0 Å². The number of aliphatic hydroxyl groups is 1. The second-order valence-electron chi connectivity index (χ2n) is 4.41. The van der Waals surface area contributed by atoms with Crippen molar-refractivity contribution >= 4 is 5.95 Å². The van der Waals surface area contributed by atoms with Crippen LogP contribution in [0.25, 0.3) is 0 Å². The molecular weight excluding hydrogens is 206 g/mol. The van der Waals surface area contributed by atoms with E-state index in [9.17, 15) is 5.11 Å². The molecule has 1 heterocycles. The molecule has 2 atom stereocenters. The molecule has 0 saturated heterocycles. The Hall–Kier alpha value is -1.10. The second kappa shape index (κ2) is 4.82. The smallest absolute Gasteiger partial charge is 0.265 e. The molecule has 0 radical (unpaired) electrons. The minimum atomic E-state index is -0.325. The molecule has 90 valence electrons. The monoisotopic (exact) mass is 225 g/mol. The van der Waals surface area contributed by atoms with Crippen molar-refractivity contribution in [3.8, 4) is 0 Å². The lowest BCUT2D eigenvalue weighted by Gasteiger charge is -2.24. The first-order chi connectivity index (χ1) is 7.72. The third-order valence-corrected chi connectivity index (χ3v) is 3.29. The van der Waals surface area contributed by atoms with E-state index in [1.165, 1.54) is 0 Å². The van der Waals surface area contributed by atoms with Crippen LogP contribution in [0.3, 0.4) is 0 Å². The Labute approximate surface area is 95.4 Å². The molecule has 0 aromatic carbocycles. The predicted octanol–water partition coefficient (Wildman–Crippen LogP) is 1.54. The number of rotatable bonds is 3. The SMILES string of the molecule is CCN(C)c1noc(C2CCCCC2O)n1. The average molecular weight is 225 g/mol. The van der Waals surface area contributed by atoms with Gasteiger partial charge in [0.25, 0.3) is 5.95 Å². The van der Waals surface area contributed by atoms with E-state index in [2.05, 4.69) is 10.1 Å². The van der Waals surface area contributed by atoms with E-state index in [1.54, 1.807) is 0 Å². The summed E-state index contributed by atoms with van der Waals surface area (Å²) >= 11 is 0. The van der Waals surface area contributed by atoms with Crippen molar-refractivity contribution in [2.75, 3.05) is 18.5 Å². The maximum atomic E-state index is 9.89. The number of nitrogens with zero attached hydrogens (tertiary/aromatic N) is 3. The van der Waals surface area contributed by atoms with E-state index in [0.29, 0.717) is 11.8 Å². The van der Waals surface area contributed by atoms with Gasteiger partial charge in [-0.15, -0.1) is 0 Å². The van der Waals surface area contributed by atoms with Crippen molar-refractivity contribution in [1.29, 1.82) is 0 Å². The molecule has 1 aliphatic rings. The summed E-state index contributed by atoms with van der Waals surface area (Å²) in [6.07, 6.45) is 3.68. The van der Waals surface area contributed by atoms with Gasteiger partial charge >= 0.3 is 0 Å². The zero-order valence-electron chi connectivity index (χ0n) is 9.89. The van der Waals surface area contributed by atoms with E-state index >= 15 is 0 Å². The summed E-state index contributed by atoms with van der Waals surface area (Å²) in [6, 6.07) is 0. The number of hydrogen-bond acceptors (Lipinski definition) is 5. The van der Waals surface area contributed by atoms with Crippen molar-refractivity contribution in [2.45, 2.75) is 44.6 Å². The molecule has 1 aromatic heterocycles. The molecule has 0 aliphatic heterocycles. The molecular formula is C11H19N3O2. The third-order valence-electron chi connectivity index (χ3n) is 3.29. The summed E-state index contributed by atoms with van der Waals surface area (Å²) in [6.45, 7) is 2.87. The summed E-state index contributed by atoms with van der Waals surface area (Å²) in [5.74, 6) is 1.22. The van der Waals surface area contributed by atoms with Crippen molar-refractivity contribution in [3.63, 3.8) is 0 Å². The first kappa shape index (κ1) is 11.4. The van der Waals surface area contributed by atoms with Crippen LogP contribution in [0.1, 0.15) is 44.4 Å². The summed E-state index contributed by atoms with van der Waals surface area (Å²) in [4.78, 5) is 6.26. The standard InChI is InChI=1S/C11H19N3O2/c1-3-14(2)11-12-10(16-13-11)8-6-4-5-7-9(8)15/h8-9,15H,3-7H2,1-2H3. The molecule has 2 unspecified atom stereocenters. The van der Waals surface area contributed by atoms with Gasteiger partial charge in [-0.3, -0.25) is 0 Å². The highest BCUT2D eigenvalue weighted by molar-refractivity contribution is 5.25. The van der Waals surface area contributed by atoms with Crippen LogP contribution in [0.4, 0.5) is 5.95 Å². The fraction of sp³-hybridized carbons (Fsp3) is 0.818. The molecule has 5 heteroatoms. The Morgan fingerprint density at radius 3 is 2.88 bits per heavy atom. The Bertz CT molecular complexity index is 340. The predicted molar refractivity (Wildman–Crippen MR) is 60.5 cm³/mol. The first-order valence-corrected chi connectivity index (χ1v) is 5.95. The Morgan fingerprint density at radius 1 is 1.44 bits per heavy atom. The van der Waals surface area contributed by atoms with Crippen molar-refractivity contribution in [2.24, 2.45) is 0 Å². The Balaban J connectivity index is 2.11. The Kier molecular flexibility index (Phi) is 3.43. The molecule has 0 amide bonds. The number of aromatic nitrogens is 2. The maximum Gasteiger partial charge on any atom is 0.265 e. The van der Waals surface area contributed by atoms with E-state index in [0.717, 1.165) is 32.2 Å². The fourth-order valence-electron chi connectivity index (χ4n) is 2.07. The van der Waals surface area contributed by atoms with E-state index in [-0.39, 0.29) is 12.0 Å². The van der Waals surface area contributed by atoms with Crippen LogP contribution in [0.2, 0.25) is 0 Å². The van der Waals surface area contributed by atoms with Gasteiger partial charge in [0.1, 0.15) is 0 Å². The van der Waals surface area contributed by atoms with Gasteiger partial charge in [-0.1, -0.05) is 12.8 Å². The average Bonchev–Trinajstić information content (AvgIpc) is 2.78. The molecule has 2 rings (SSSR count). The van der Waals surface area contributed by atoms with Crippen LogP contribution in [0.5, 0.6) is 0 Å². The summed E-state index contributed by atoms with van der Waals surface area (Å²) in [5, 5.41) is 13.8. The highest BCUT2D eigenvalue weighted by Crippen LogP contribution is 2.32. The fourth-order valence-corrected chi connectivity index (χ4v) is 2.07. The second-order valence-corrected chi connectivity index (χ2v) is 4.41. The van der Waals surface area contributed by atoms with Gasteiger partial charge in [-0.2, -0.15) is 4.98 Å². The van der Waals surface area contributed by atoms with E-state index in [4.69, 9.17) is 4.52 Å². The van der Waals surface area contributed by atoms with Crippen LogP contribution in [0.15, 0.2) is 4.52 Å². The molecule has 16 heavy (non-hydrogen) atoms. The highest BCUT2D eigenvalue weighted by Gasteiger charge is 2.29. The normalized spacial score (nSPS) is 25.7. The number of anilines is 1. The van der Waals surface area contributed by atoms with E-state index in [1.807, 2.05) is 18.9 Å². The third kappa shape index (κ3) is 2.19. The van der Waals surface area contributed by atoms with Gasteiger partial charge in [0.15, 0.2) is 0 Å². The van der Waals surface area contributed by atoms with Gasteiger partial charge in [0.2, 0.25) is 5.89 Å². The lowest BCUT2D eigenvalue weighted by molar-refractivity contribution is 0.0908. The zero-order chi connectivity index (χ0) is 11.5. The minimum absolute atomic E-state index is 0.0280. The molecule has 1 aromatic rings. The van der Waals surface area contributed by atoms with Crippen LogP contribution in [-0.2, 0) is 0 Å². The molecule has 0 spiro atoms. The highest BCUT2D eigenvalue weighted by atomic mass is 16.5. The lowest BCUT2D eigenvalue weighted by atomic mass is 9.86. The topological polar surface area (TPSA) is 62.4 Å². The van der Waals surface area contributed by atoms with Crippen molar-refractivity contribution in [1.82, 2.24) is 10.1 Å². The molecule has 1 aliphatic carbocycles. The summed E-state index contributed by atoms with van der Waals surface area (Å²) < 4.78 is 5.23. The maximum absolute atomic E-state index is 9.89. The molecule has 0 bridgehead atoms. The zero-order valence-corrected chi connectivity index (χ0v) is 9.89. The van der Waals surface area contributed by atoms with Crippen LogP contribution in [0, 0.1) is 0 Å². The quantitative estimate of drug-likeness (QED) is 0.845. The van der Waals surface area contributed by atoms with Crippen LogP contribution in [-0.4, -0.2) is 34.9 Å². The summed E-state index contributed by atoms with van der Waals surface area (Å²) in [5.41, 5.74) is 0. The minimum Gasteiger partial charge on any atom is -0.392 e. The van der Waals surface area contributed by atoms with Crippen molar-refractivity contribution in [3.05, 3.63) is 5.89 Å². The van der Waals surface area contributed by atoms with Crippen LogP contribution < -0.4 is 4.90 Å². The van der Waals surface area contributed by atoms with Gasteiger partial charge < -0.3 is 14.5 Å². The number of hydrogen-bond donors (Lipinski definition) is 1. The van der Waals surface area contributed by atoms with Crippen molar-refractivity contribution < 1.29 is 9.63 Å². The molecule has 5 nitrogen and oxygen atoms in total. The summed E-state index contributed by atoms with van der Waals surface area (Å²) in [7, 11) is 1.92. The molecule has 1 N–H and O–H groups in total. The van der Waals surface area contributed by atoms with Crippen LogP contribution >= 0.6 is 0 Å². The van der Waals surface area contributed by atoms with Gasteiger partial charge in [0, 0.05) is 13.6 Å². The molecule has 1 fully saturated rings. The van der Waals surface area contributed by atoms with Gasteiger partial charge in [-0.05, 0) is 24.9 Å². The largest absolute Gasteiger partial charge is 0.392 e.